The van der Waals surface area contributed by atoms with Crippen LogP contribution in [0.4, 0.5) is 5.95 Å². The van der Waals surface area contributed by atoms with E-state index < -0.39 is 5.54 Å². The minimum absolute atomic E-state index is 0.214. The van der Waals surface area contributed by atoms with Gasteiger partial charge in [-0.05, 0) is 38.1 Å². The molecule has 9 heteroatoms. The molecular formula is C17H15ClN6O2. The molecular weight excluding hydrogens is 356 g/mol. The second-order valence-corrected chi connectivity index (χ2v) is 6.97. The highest BCUT2D eigenvalue weighted by Gasteiger charge is 2.25. The average Bonchev–Trinajstić information content (AvgIpc) is 2.93. The van der Waals surface area contributed by atoms with E-state index in [2.05, 4.69) is 30.2 Å². The highest BCUT2D eigenvalue weighted by molar-refractivity contribution is 6.31. The Kier molecular flexibility index (Phi) is 3.58. The normalized spacial score (nSPS) is 12.0. The van der Waals surface area contributed by atoms with Gasteiger partial charge in [0.1, 0.15) is 5.52 Å². The van der Waals surface area contributed by atoms with E-state index in [1.165, 1.54) is 6.20 Å². The molecule has 0 atom stereocenters. The zero-order chi connectivity index (χ0) is 18.5. The predicted molar refractivity (Wildman–Crippen MR) is 101 cm³/mol. The first-order valence-corrected chi connectivity index (χ1v) is 8.26. The van der Waals surface area contributed by atoms with E-state index in [0.717, 1.165) is 5.39 Å². The number of nitrogens with one attached hydrogen (secondary N) is 4. The van der Waals surface area contributed by atoms with Crippen molar-refractivity contribution in [3.05, 3.63) is 61.9 Å². The van der Waals surface area contributed by atoms with Crippen molar-refractivity contribution in [2.24, 2.45) is 0 Å². The number of hydrogen-bond acceptors (Lipinski definition) is 5. The maximum Gasteiger partial charge on any atom is 0.325 e. The van der Waals surface area contributed by atoms with Crippen molar-refractivity contribution in [3.63, 3.8) is 0 Å². The Bertz CT molecular complexity index is 1250. The summed E-state index contributed by atoms with van der Waals surface area (Å²) in [6.07, 6.45) is 1.50. The van der Waals surface area contributed by atoms with Crippen molar-refractivity contribution in [3.8, 4) is 0 Å². The van der Waals surface area contributed by atoms with Crippen LogP contribution in [0.3, 0.4) is 0 Å². The third-order valence-corrected chi connectivity index (χ3v) is 4.41. The smallest absolute Gasteiger partial charge is 0.325 e. The van der Waals surface area contributed by atoms with Crippen LogP contribution in [0.2, 0.25) is 5.02 Å². The highest BCUT2D eigenvalue weighted by Crippen LogP contribution is 2.25. The van der Waals surface area contributed by atoms with Crippen LogP contribution in [0.5, 0.6) is 0 Å². The van der Waals surface area contributed by atoms with Gasteiger partial charge in [-0.3, -0.25) is 9.78 Å². The summed E-state index contributed by atoms with van der Waals surface area (Å²) in [6, 6.07) is 7.08. The molecule has 8 nitrogen and oxygen atoms in total. The van der Waals surface area contributed by atoms with Crippen LogP contribution >= 0.6 is 11.6 Å². The number of benzene rings is 1. The van der Waals surface area contributed by atoms with Crippen molar-refractivity contribution in [1.82, 2.24) is 24.9 Å². The number of imidazole rings is 1. The van der Waals surface area contributed by atoms with Gasteiger partial charge in [0.15, 0.2) is 5.65 Å². The zero-order valence-electron chi connectivity index (χ0n) is 14.0. The number of hydrogen-bond donors (Lipinski definition) is 4. The van der Waals surface area contributed by atoms with Crippen LogP contribution in [-0.4, -0.2) is 24.9 Å². The third-order valence-electron chi connectivity index (χ3n) is 4.17. The van der Waals surface area contributed by atoms with E-state index in [1.54, 1.807) is 24.3 Å². The highest BCUT2D eigenvalue weighted by atomic mass is 35.5. The first-order chi connectivity index (χ1) is 12.3. The molecule has 3 heterocycles. The molecule has 0 radical (unpaired) electrons. The first kappa shape index (κ1) is 16.3. The fraction of sp³-hybridized carbons (Fsp3) is 0.176. The molecule has 0 fully saturated rings. The molecule has 1 aromatic carbocycles. The van der Waals surface area contributed by atoms with Crippen LogP contribution in [0.25, 0.3) is 22.1 Å². The van der Waals surface area contributed by atoms with Gasteiger partial charge in [-0.1, -0.05) is 11.6 Å². The number of aromatic amines is 3. The molecule has 0 saturated heterocycles. The lowest BCUT2D eigenvalue weighted by atomic mass is 9.94. The molecule has 4 rings (SSSR count). The van der Waals surface area contributed by atoms with Crippen LogP contribution in [0.15, 0.2) is 40.1 Å². The lowest BCUT2D eigenvalue weighted by Crippen LogP contribution is -2.35. The van der Waals surface area contributed by atoms with Crippen LogP contribution in [0.1, 0.15) is 19.4 Å². The van der Waals surface area contributed by atoms with E-state index in [9.17, 15) is 9.59 Å². The quantitative estimate of drug-likeness (QED) is 0.441. The van der Waals surface area contributed by atoms with Gasteiger partial charge in [-0.25, -0.2) is 9.78 Å². The molecule has 0 aliphatic rings. The number of nitrogens with zero attached hydrogens (tertiary/aromatic N) is 2. The second kappa shape index (κ2) is 5.70. The summed E-state index contributed by atoms with van der Waals surface area (Å²) in [4.78, 5) is 40.4. The Morgan fingerprint density at radius 1 is 1.08 bits per heavy atom. The van der Waals surface area contributed by atoms with E-state index in [0.29, 0.717) is 33.2 Å². The van der Waals surface area contributed by atoms with Crippen LogP contribution in [0, 0.1) is 0 Å². The summed E-state index contributed by atoms with van der Waals surface area (Å²) >= 11 is 6.05. The van der Waals surface area contributed by atoms with Crippen molar-refractivity contribution >= 4 is 39.6 Å². The molecule has 4 aromatic rings. The number of fused-ring (bicyclic) bond motifs is 2. The van der Waals surface area contributed by atoms with E-state index >= 15 is 0 Å². The third kappa shape index (κ3) is 2.84. The predicted octanol–water partition coefficient (Wildman–Crippen LogP) is 2.49. The molecule has 4 N–H and O–H groups in total. The Morgan fingerprint density at radius 2 is 1.88 bits per heavy atom. The second-order valence-electron chi connectivity index (χ2n) is 6.53. The molecule has 0 unspecified atom stereocenters. The molecule has 26 heavy (non-hydrogen) atoms. The lowest BCUT2D eigenvalue weighted by molar-refractivity contribution is 0.595. The summed E-state index contributed by atoms with van der Waals surface area (Å²) in [5, 5.41) is 4.56. The van der Waals surface area contributed by atoms with E-state index in [1.807, 2.05) is 13.8 Å². The van der Waals surface area contributed by atoms with Gasteiger partial charge < -0.3 is 15.3 Å². The van der Waals surface area contributed by atoms with E-state index in [4.69, 9.17) is 11.6 Å². The van der Waals surface area contributed by atoms with Crippen molar-refractivity contribution < 1.29 is 0 Å². The number of halogens is 1. The average molecular weight is 371 g/mol. The Morgan fingerprint density at radius 3 is 2.69 bits per heavy atom. The molecule has 0 aliphatic carbocycles. The minimum Gasteiger partial charge on any atom is -0.345 e. The molecule has 0 bridgehead atoms. The maximum absolute atomic E-state index is 12.5. The van der Waals surface area contributed by atoms with Gasteiger partial charge in [0, 0.05) is 21.5 Å². The lowest BCUT2D eigenvalue weighted by Gasteiger charge is -2.26. The molecule has 0 saturated carbocycles. The SMILES string of the molecule is CC(C)(Nc1ncc2[nH]c(=O)[nH]c2n1)c1cc2cc(Cl)ccc2[nH]c1=O. The molecule has 0 amide bonds. The summed E-state index contributed by atoms with van der Waals surface area (Å²) in [6.45, 7) is 3.70. The van der Waals surface area contributed by atoms with Gasteiger partial charge in [0.2, 0.25) is 5.95 Å². The number of anilines is 1. The first-order valence-electron chi connectivity index (χ1n) is 7.88. The van der Waals surface area contributed by atoms with E-state index in [-0.39, 0.29) is 11.2 Å². The van der Waals surface area contributed by atoms with Crippen molar-refractivity contribution in [1.29, 1.82) is 0 Å². The summed E-state index contributed by atoms with van der Waals surface area (Å²) in [5.74, 6) is 0.295. The van der Waals surface area contributed by atoms with Crippen LogP contribution < -0.4 is 16.6 Å². The topological polar surface area (TPSA) is 119 Å². The zero-order valence-corrected chi connectivity index (χ0v) is 14.7. The summed E-state index contributed by atoms with van der Waals surface area (Å²) in [7, 11) is 0. The van der Waals surface area contributed by atoms with Gasteiger partial charge in [-0.2, -0.15) is 4.98 Å². The summed E-state index contributed by atoms with van der Waals surface area (Å²) in [5.41, 5.74) is 0.787. The molecule has 3 aromatic heterocycles. The number of rotatable bonds is 3. The summed E-state index contributed by atoms with van der Waals surface area (Å²) < 4.78 is 0. The van der Waals surface area contributed by atoms with Crippen molar-refractivity contribution in [2.75, 3.05) is 5.32 Å². The Hall–Kier alpha value is -3.13. The van der Waals surface area contributed by atoms with Crippen molar-refractivity contribution in [2.45, 2.75) is 19.4 Å². The molecule has 132 valence electrons. The fourth-order valence-electron chi connectivity index (χ4n) is 2.88. The minimum atomic E-state index is -0.769. The largest absolute Gasteiger partial charge is 0.345 e. The van der Waals surface area contributed by atoms with Crippen LogP contribution in [-0.2, 0) is 5.54 Å². The number of pyridine rings is 1. The standard InChI is InChI=1S/C17H15ClN6O2/c1-17(2,24-15-19-7-12-13(22-15)23-16(26)21-12)10-6-8-5-9(18)3-4-11(8)20-14(10)25/h3-7H,1-2H3,(H,20,25)(H3,19,21,22,23,24,26). The fourth-order valence-corrected chi connectivity index (χ4v) is 3.06. The number of H-pyrrole nitrogens is 3. The number of aromatic nitrogens is 5. The monoisotopic (exact) mass is 370 g/mol. The van der Waals surface area contributed by atoms with Gasteiger partial charge in [-0.15, -0.1) is 0 Å². The maximum atomic E-state index is 12.5. The molecule has 0 aliphatic heterocycles. The van der Waals surface area contributed by atoms with Gasteiger partial charge in [0.25, 0.3) is 5.56 Å². The Labute approximate surface area is 151 Å². The van der Waals surface area contributed by atoms with Gasteiger partial charge >= 0.3 is 5.69 Å². The van der Waals surface area contributed by atoms with Gasteiger partial charge in [0.05, 0.1) is 11.7 Å². The molecule has 0 spiro atoms. The Balaban J connectivity index is 1.77.